The number of rotatable bonds is 7. The van der Waals surface area contributed by atoms with E-state index in [1.54, 1.807) is 12.1 Å². The number of alkyl halides is 1. The van der Waals surface area contributed by atoms with E-state index in [2.05, 4.69) is 26.2 Å². The summed E-state index contributed by atoms with van der Waals surface area (Å²) in [6, 6.07) is 6.30. The number of hydrogen-bond donors (Lipinski definition) is 1. The maximum absolute atomic E-state index is 13.3. The predicted molar refractivity (Wildman–Crippen MR) is 152 cm³/mol. The molecule has 5 rings (SSSR count). The Morgan fingerprint density at radius 1 is 1.15 bits per heavy atom. The molecule has 0 radical (unpaired) electrons. The van der Waals surface area contributed by atoms with Crippen molar-refractivity contribution in [3.63, 3.8) is 0 Å². The van der Waals surface area contributed by atoms with Gasteiger partial charge < -0.3 is 14.8 Å². The standard InChI is InChI=1S/C28H28BrCl2N3O5/c29-23-24(28(25(23)35)9-2-1-3-10-28)34-21(27(37)39-18-8-11-38-15-18)12-16-4-6-17(7-5-16)33-26(36)22-19(30)13-32-14-20(22)31/h4-7,13-14,18,21,23H,1-3,8-12,15H2,(H,33,36). The fraction of sp³-hybridized carbons (Fsp3) is 0.464. The van der Waals surface area contributed by atoms with E-state index in [0.29, 0.717) is 25.3 Å². The van der Waals surface area contributed by atoms with Gasteiger partial charge in [-0.1, -0.05) is 70.5 Å². The zero-order valence-electron chi connectivity index (χ0n) is 21.1. The van der Waals surface area contributed by atoms with Gasteiger partial charge in [0.2, 0.25) is 0 Å². The highest BCUT2D eigenvalue weighted by atomic mass is 79.9. The lowest BCUT2D eigenvalue weighted by Gasteiger charge is -2.48. The van der Waals surface area contributed by atoms with Crippen molar-refractivity contribution >= 4 is 68.2 Å². The second kappa shape index (κ2) is 12.0. The molecule has 2 aliphatic carbocycles. The molecule has 2 saturated carbocycles. The number of anilines is 1. The lowest BCUT2D eigenvalue weighted by molar-refractivity contribution is -0.150. The molecule has 1 N–H and O–H groups in total. The topological polar surface area (TPSA) is 107 Å². The predicted octanol–water partition coefficient (Wildman–Crippen LogP) is 5.62. The third kappa shape index (κ3) is 5.92. The first-order chi connectivity index (χ1) is 18.8. The van der Waals surface area contributed by atoms with Crippen LogP contribution in [0.4, 0.5) is 5.69 Å². The molecule has 1 aromatic carbocycles. The number of benzene rings is 1. The minimum absolute atomic E-state index is 0.142. The van der Waals surface area contributed by atoms with Crippen LogP contribution in [0.1, 0.15) is 54.4 Å². The first-order valence-corrected chi connectivity index (χ1v) is 14.7. The average Bonchev–Trinajstić information content (AvgIpc) is 3.44. The fourth-order valence-corrected chi connectivity index (χ4v) is 7.00. The summed E-state index contributed by atoms with van der Waals surface area (Å²) in [5, 5.41) is 3.08. The number of amides is 1. The molecular weight excluding hydrogens is 609 g/mol. The van der Waals surface area contributed by atoms with Crippen LogP contribution in [0.5, 0.6) is 0 Å². The van der Waals surface area contributed by atoms with Gasteiger partial charge in [0.1, 0.15) is 10.9 Å². The molecule has 1 saturated heterocycles. The molecule has 1 spiro atoms. The highest BCUT2D eigenvalue weighted by Crippen LogP contribution is 2.49. The van der Waals surface area contributed by atoms with Crippen LogP contribution >= 0.6 is 39.1 Å². The van der Waals surface area contributed by atoms with E-state index >= 15 is 0 Å². The van der Waals surface area contributed by atoms with Gasteiger partial charge in [0.05, 0.1) is 34.2 Å². The molecule has 1 aliphatic heterocycles. The molecule has 1 amide bonds. The van der Waals surface area contributed by atoms with Crippen LogP contribution < -0.4 is 5.32 Å². The van der Waals surface area contributed by atoms with Gasteiger partial charge in [-0.25, -0.2) is 4.79 Å². The van der Waals surface area contributed by atoms with Crippen molar-refractivity contribution in [2.24, 2.45) is 10.4 Å². The normalized spacial score (nSPS) is 23.9. The number of carbonyl (C=O) groups excluding carboxylic acids is 3. The first-order valence-electron chi connectivity index (χ1n) is 13.0. The lowest BCUT2D eigenvalue weighted by Crippen LogP contribution is -2.61. The van der Waals surface area contributed by atoms with Gasteiger partial charge in [-0.05, 0) is 30.5 Å². The third-order valence-corrected chi connectivity index (χ3v) is 9.02. The Morgan fingerprint density at radius 2 is 1.85 bits per heavy atom. The summed E-state index contributed by atoms with van der Waals surface area (Å²) in [5.41, 5.74) is 1.70. The number of ether oxygens (including phenoxy) is 2. The number of Topliss-reactive ketones (excluding diaryl/α,β-unsaturated/α-hetero) is 1. The molecule has 3 unspecified atom stereocenters. The molecule has 3 fully saturated rings. The maximum Gasteiger partial charge on any atom is 0.331 e. The Labute approximate surface area is 245 Å². The minimum atomic E-state index is -0.803. The molecule has 3 atom stereocenters. The van der Waals surface area contributed by atoms with Gasteiger partial charge in [-0.15, -0.1) is 0 Å². The van der Waals surface area contributed by atoms with Gasteiger partial charge >= 0.3 is 5.97 Å². The van der Waals surface area contributed by atoms with Crippen molar-refractivity contribution in [3.8, 4) is 0 Å². The number of ketones is 1. The van der Waals surface area contributed by atoms with E-state index < -0.39 is 28.2 Å². The molecular formula is C28H28BrCl2N3O5. The molecule has 0 bridgehead atoms. The van der Waals surface area contributed by atoms with Crippen LogP contribution in [0, 0.1) is 5.41 Å². The molecule has 1 aromatic heterocycles. The quantitative estimate of drug-likeness (QED) is 0.312. The average molecular weight is 637 g/mol. The van der Waals surface area contributed by atoms with E-state index in [0.717, 1.165) is 43.4 Å². The summed E-state index contributed by atoms with van der Waals surface area (Å²) < 4.78 is 11.1. The Balaban J connectivity index is 1.34. The highest BCUT2D eigenvalue weighted by molar-refractivity contribution is 9.10. The SMILES string of the molecule is O=C(Nc1ccc(CC(N=C2C(Br)C(=O)C23CCCCC3)C(=O)OC2CCOC2)cc1)c1c(Cl)cncc1Cl. The highest BCUT2D eigenvalue weighted by Gasteiger charge is 2.58. The van der Waals surface area contributed by atoms with Crippen molar-refractivity contribution in [2.75, 3.05) is 18.5 Å². The molecule has 39 heavy (non-hydrogen) atoms. The second-order valence-electron chi connectivity index (χ2n) is 10.2. The Morgan fingerprint density at radius 3 is 2.49 bits per heavy atom. The van der Waals surface area contributed by atoms with Crippen LogP contribution in [0.25, 0.3) is 0 Å². The number of nitrogens with zero attached hydrogens (tertiary/aromatic N) is 2. The van der Waals surface area contributed by atoms with E-state index in [1.807, 2.05) is 12.1 Å². The molecule has 8 nitrogen and oxygen atoms in total. The maximum atomic E-state index is 13.3. The molecule has 2 heterocycles. The summed E-state index contributed by atoms with van der Waals surface area (Å²) in [6.07, 6.45) is 7.94. The second-order valence-corrected chi connectivity index (χ2v) is 11.9. The lowest BCUT2D eigenvalue weighted by atomic mass is 9.58. The van der Waals surface area contributed by atoms with E-state index in [-0.39, 0.29) is 33.9 Å². The van der Waals surface area contributed by atoms with Gasteiger partial charge in [0.15, 0.2) is 11.8 Å². The van der Waals surface area contributed by atoms with Gasteiger partial charge in [-0.2, -0.15) is 0 Å². The molecule has 3 aliphatic rings. The van der Waals surface area contributed by atoms with Crippen molar-refractivity contribution in [3.05, 3.63) is 57.8 Å². The summed E-state index contributed by atoms with van der Waals surface area (Å²) in [4.78, 5) is 47.2. The number of nitrogens with one attached hydrogen (secondary N) is 1. The van der Waals surface area contributed by atoms with Gasteiger partial charge in [0, 0.05) is 36.6 Å². The van der Waals surface area contributed by atoms with Crippen LogP contribution in [0.15, 0.2) is 41.7 Å². The number of carbonyl (C=O) groups is 3. The van der Waals surface area contributed by atoms with E-state index in [9.17, 15) is 14.4 Å². The van der Waals surface area contributed by atoms with E-state index in [1.165, 1.54) is 12.4 Å². The van der Waals surface area contributed by atoms with Crippen LogP contribution in [-0.4, -0.2) is 58.5 Å². The smallest absolute Gasteiger partial charge is 0.331 e. The summed E-state index contributed by atoms with van der Waals surface area (Å²) in [6.45, 7) is 0.930. The summed E-state index contributed by atoms with van der Waals surface area (Å²) in [7, 11) is 0. The summed E-state index contributed by atoms with van der Waals surface area (Å²) >= 11 is 15.7. The Bertz CT molecular complexity index is 1270. The van der Waals surface area contributed by atoms with Gasteiger partial charge in [0.25, 0.3) is 5.91 Å². The zero-order chi connectivity index (χ0) is 27.6. The fourth-order valence-electron chi connectivity index (χ4n) is 5.47. The minimum Gasteiger partial charge on any atom is -0.458 e. The van der Waals surface area contributed by atoms with Crippen molar-refractivity contribution in [1.82, 2.24) is 4.98 Å². The largest absolute Gasteiger partial charge is 0.458 e. The first kappa shape index (κ1) is 28.2. The zero-order valence-corrected chi connectivity index (χ0v) is 24.2. The number of aromatic nitrogens is 1. The van der Waals surface area contributed by atoms with Crippen molar-refractivity contribution in [2.45, 2.75) is 61.9 Å². The summed E-state index contributed by atoms with van der Waals surface area (Å²) in [5.74, 6) is -0.725. The molecule has 206 valence electrons. The third-order valence-electron chi connectivity index (χ3n) is 7.60. The number of pyridine rings is 1. The van der Waals surface area contributed by atoms with Crippen LogP contribution in [0.2, 0.25) is 10.0 Å². The van der Waals surface area contributed by atoms with E-state index in [4.69, 9.17) is 37.7 Å². The van der Waals surface area contributed by atoms with Crippen molar-refractivity contribution in [1.29, 1.82) is 0 Å². The monoisotopic (exact) mass is 635 g/mol. The molecule has 11 heteroatoms. The van der Waals surface area contributed by atoms with Crippen LogP contribution in [0.3, 0.4) is 0 Å². The Hall–Kier alpha value is -2.33. The Kier molecular flexibility index (Phi) is 8.71. The number of hydrogen-bond acceptors (Lipinski definition) is 7. The molecule has 2 aromatic rings. The van der Waals surface area contributed by atoms with Crippen molar-refractivity contribution < 1.29 is 23.9 Å². The number of halogens is 3. The van der Waals surface area contributed by atoms with Gasteiger partial charge in [-0.3, -0.25) is 19.6 Å². The number of esters is 1. The van der Waals surface area contributed by atoms with Crippen LogP contribution in [-0.2, 0) is 25.5 Å². The number of aliphatic imine (C=N–C) groups is 1.